The number of hydrogen-bond donors (Lipinski definition) is 2. The number of rotatable bonds is 7. The maximum atomic E-state index is 13.3. The highest BCUT2D eigenvalue weighted by atomic mass is 35.5. The minimum atomic E-state index is -1.19. The number of aromatic nitrogens is 3. The molecule has 3 heterocycles. The van der Waals surface area contributed by atoms with Crippen LogP contribution in [0.15, 0.2) is 54.6 Å². The summed E-state index contributed by atoms with van der Waals surface area (Å²) in [7, 11) is 1.60. The lowest BCUT2D eigenvalue weighted by Gasteiger charge is -2.20. The number of methoxy groups -OCH3 is 1. The average Bonchev–Trinajstić information content (AvgIpc) is 3.46. The molecule has 39 heavy (non-hydrogen) atoms. The molecule has 2 aromatic heterocycles. The third-order valence-electron chi connectivity index (χ3n) is 6.98. The zero-order valence-electron chi connectivity index (χ0n) is 21.1. The quantitative estimate of drug-likeness (QED) is 0.256. The lowest BCUT2D eigenvalue weighted by atomic mass is 9.99. The molecule has 0 saturated heterocycles. The molecule has 1 amide bonds. The Hall–Kier alpha value is -4.47. The first-order chi connectivity index (χ1) is 18.9. The number of aromatic carboxylic acids is 1. The van der Waals surface area contributed by atoms with Gasteiger partial charge in [0.15, 0.2) is 5.69 Å². The van der Waals surface area contributed by atoms with E-state index >= 15 is 0 Å². The van der Waals surface area contributed by atoms with Crippen LogP contribution in [0.25, 0.3) is 33.1 Å². The zero-order valence-corrected chi connectivity index (χ0v) is 21.9. The molecule has 1 aliphatic rings. The average molecular weight is 543 g/mol. The number of amides is 1. The molecule has 10 heteroatoms. The van der Waals surface area contributed by atoms with E-state index in [-0.39, 0.29) is 11.6 Å². The molecular formula is C29H23ClN4O5. The molecule has 0 aliphatic carbocycles. The Morgan fingerprint density at radius 3 is 2.74 bits per heavy atom. The molecule has 2 N–H and O–H groups in total. The molecule has 5 aromatic rings. The van der Waals surface area contributed by atoms with E-state index in [9.17, 15) is 14.7 Å². The normalized spacial score (nSPS) is 12.9. The van der Waals surface area contributed by atoms with Gasteiger partial charge in [-0.1, -0.05) is 29.8 Å². The van der Waals surface area contributed by atoms with Crippen molar-refractivity contribution in [2.45, 2.75) is 13.5 Å². The Labute approximate surface area is 227 Å². The van der Waals surface area contributed by atoms with Gasteiger partial charge in [0.05, 0.1) is 24.2 Å². The van der Waals surface area contributed by atoms with Gasteiger partial charge in [-0.15, -0.1) is 10.2 Å². The largest absolute Gasteiger partial charge is 0.491 e. The predicted octanol–water partition coefficient (Wildman–Crippen LogP) is 5.62. The van der Waals surface area contributed by atoms with Gasteiger partial charge in [0.25, 0.3) is 5.91 Å². The van der Waals surface area contributed by atoms with E-state index in [0.717, 1.165) is 27.8 Å². The summed E-state index contributed by atoms with van der Waals surface area (Å²) in [6.45, 7) is 3.17. The van der Waals surface area contributed by atoms with Crippen molar-refractivity contribution in [3.63, 3.8) is 0 Å². The molecule has 0 radical (unpaired) electrons. The maximum absolute atomic E-state index is 13.3. The summed E-state index contributed by atoms with van der Waals surface area (Å²) in [5.74, 6) is -0.694. The Morgan fingerprint density at radius 1 is 1.10 bits per heavy atom. The summed E-state index contributed by atoms with van der Waals surface area (Å²) in [5.41, 5.74) is 5.17. The first-order valence-corrected chi connectivity index (χ1v) is 12.6. The number of carbonyl (C=O) groups excluding carboxylic acids is 1. The fraction of sp³-hybridized carbons (Fsp3) is 0.172. The van der Waals surface area contributed by atoms with Gasteiger partial charge in [0.1, 0.15) is 18.1 Å². The van der Waals surface area contributed by atoms with Crippen LogP contribution >= 0.6 is 11.6 Å². The number of carboxylic acid groups (broad SMARTS) is 1. The first kappa shape index (κ1) is 24.8. The van der Waals surface area contributed by atoms with E-state index < -0.39 is 5.97 Å². The highest BCUT2D eigenvalue weighted by molar-refractivity contribution is 6.31. The summed E-state index contributed by atoms with van der Waals surface area (Å²) < 4.78 is 10.8. The second-order valence-corrected chi connectivity index (χ2v) is 9.70. The van der Waals surface area contributed by atoms with Gasteiger partial charge in [-0.25, -0.2) is 4.79 Å². The van der Waals surface area contributed by atoms with Crippen LogP contribution < -0.4 is 9.64 Å². The van der Waals surface area contributed by atoms with Crippen LogP contribution in [0.3, 0.4) is 0 Å². The van der Waals surface area contributed by atoms with Crippen molar-refractivity contribution in [2.24, 2.45) is 0 Å². The highest BCUT2D eigenvalue weighted by Crippen LogP contribution is 2.40. The summed E-state index contributed by atoms with van der Waals surface area (Å²) in [5, 5.41) is 20.2. The SMILES string of the molecule is COCCOc1ccc2c(c1)[nH]c1c(C(=O)O)nnc(-c3cccc(N4Cc5ccc(Cl)cc5C4=O)c3C)c12. The Morgan fingerprint density at radius 2 is 1.95 bits per heavy atom. The second kappa shape index (κ2) is 9.68. The third-order valence-corrected chi connectivity index (χ3v) is 7.21. The standard InChI is InChI=1S/C29H23ClN4O5/c1-15-19(4-3-5-23(15)34-14-16-6-7-17(30)12-21(16)28(34)35)25-24-20-9-8-18(39-11-10-38-2)13-22(20)31-26(24)27(29(36)37)33-32-25/h3-9,12-13,31H,10-11,14H2,1-2H3,(H,36,37). The summed E-state index contributed by atoms with van der Waals surface area (Å²) in [4.78, 5) is 30.2. The van der Waals surface area contributed by atoms with Crippen LogP contribution in [-0.2, 0) is 11.3 Å². The molecule has 0 spiro atoms. The summed E-state index contributed by atoms with van der Waals surface area (Å²) in [6, 6.07) is 16.5. The molecule has 6 rings (SSSR count). The molecular weight excluding hydrogens is 520 g/mol. The number of carboxylic acids is 1. The van der Waals surface area contributed by atoms with Crippen LogP contribution in [0.2, 0.25) is 5.02 Å². The van der Waals surface area contributed by atoms with Gasteiger partial charge in [-0.3, -0.25) is 4.79 Å². The molecule has 1 aliphatic heterocycles. The van der Waals surface area contributed by atoms with Gasteiger partial charge in [0.2, 0.25) is 0 Å². The molecule has 9 nitrogen and oxygen atoms in total. The smallest absolute Gasteiger partial charge is 0.358 e. The van der Waals surface area contributed by atoms with Crippen molar-refractivity contribution >= 4 is 51.0 Å². The van der Waals surface area contributed by atoms with Crippen molar-refractivity contribution in [1.29, 1.82) is 0 Å². The van der Waals surface area contributed by atoms with Gasteiger partial charge >= 0.3 is 5.97 Å². The third kappa shape index (κ3) is 4.16. The van der Waals surface area contributed by atoms with Gasteiger partial charge < -0.3 is 24.5 Å². The van der Waals surface area contributed by atoms with E-state index in [4.69, 9.17) is 21.1 Å². The number of H-pyrrole nitrogens is 1. The van der Waals surface area contributed by atoms with E-state index in [1.807, 2.05) is 49.4 Å². The van der Waals surface area contributed by atoms with Crippen molar-refractivity contribution in [3.8, 4) is 17.0 Å². The van der Waals surface area contributed by atoms with E-state index in [2.05, 4.69) is 15.2 Å². The van der Waals surface area contributed by atoms with Crippen LogP contribution in [0.4, 0.5) is 5.69 Å². The Kier molecular flexibility index (Phi) is 6.17. The van der Waals surface area contributed by atoms with Crippen LogP contribution in [0.5, 0.6) is 5.75 Å². The fourth-order valence-electron chi connectivity index (χ4n) is 5.11. The number of halogens is 1. The van der Waals surface area contributed by atoms with Crippen LogP contribution in [0.1, 0.15) is 32.0 Å². The number of carbonyl (C=O) groups is 2. The first-order valence-electron chi connectivity index (χ1n) is 12.2. The Bertz CT molecular complexity index is 1800. The number of aromatic amines is 1. The molecule has 196 valence electrons. The minimum absolute atomic E-state index is 0.127. The molecule has 0 unspecified atom stereocenters. The lowest BCUT2D eigenvalue weighted by molar-refractivity contribution is 0.0691. The molecule has 0 bridgehead atoms. The topological polar surface area (TPSA) is 118 Å². The fourth-order valence-corrected chi connectivity index (χ4v) is 5.28. The van der Waals surface area contributed by atoms with Crippen molar-refractivity contribution in [3.05, 3.63) is 82.0 Å². The van der Waals surface area contributed by atoms with Gasteiger partial charge in [-0.05, 0) is 48.4 Å². The number of fused-ring (bicyclic) bond motifs is 4. The van der Waals surface area contributed by atoms with Crippen LogP contribution in [0, 0.1) is 6.92 Å². The molecule has 0 saturated carbocycles. The zero-order chi connectivity index (χ0) is 27.3. The maximum Gasteiger partial charge on any atom is 0.358 e. The number of benzene rings is 3. The number of anilines is 1. The van der Waals surface area contributed by atoms with Crippen molar-refractivity contribution < 1.29 is 24.2 Å². The number of ether oxygens (including phenoxy) is 2. The van der Waals surface area contributed by atoms with E-state index in [1.165, 1.54) is 0 Å². The van der Waals surface area contributed by atoms with Crippen molar-refractivity contribution in [2.75, 3.05) is 25.2 Å². The molecule has 3 aromatic carbocycles. The highest BCUT2D eigenvalue weighted by Gasteiger charge is 2.30. The Balaban J connectivity index is 1.49. The lowest BCUT2D eigenvalue weighted by Crippen LogP contribution is -2.24. The van der Waals surface area contributed by atoms with Crippen molar-refractivity contribution in [1.82, 2.24) is 15.2 Å². The predicted molar refractivity (Wildman–Crippen MR) is 148 cm³/mol. The summed E-state index contributed by atoms with van der Waals surface area (Å²) in [6.07, 6.45) is 0. The van der Waals surface area contributed by atoms with Crippen LogP contribution in [-0.4, -0.2) is 52.5 Å². The molecule has 0 fully saturated rings. The molecule has 0 atom stereocenters. The second-order valence-electron chi connectivity index (χ2n) is 9.27. The number of nitrogens with one attached hydrogen (secondary N) is 1. The number of hydrogen-bond acceptors (Lipinski definition) is 6. The van der Waals surface area contributed by atoms with Gasteiger partial charge in [-0.2, -0.15) is 0 Å². The van der Waals surface area contributed by atoms with E-state index in [1.54, 1.807) is 24.1 Å². The minimum Gasteiger partial charge on any atom is -0.491 e. The summed E-state index contributed by atoms with van der Waals surface area (Å²) >= 11 is 6.14. The van der Waals surface area contributed by atoms with Gasteiger partial charge in [0, 0.05) is 45.8 Å². The monoisotopic (exact) mass is 542 g/mol. The number of nitrogens with zero attached hydrogens (tertiary/aromatic N) is 3. The van der Waals surface area contributed by atoms with E-state index in [0.29, 0.717) is 58.2 Å².